The van der Waals surface area contributed by atoms with E-state index in [2.05, 4.69) is 68.7 Å². The smallest absolute Gasteiger partial charge is 0.0885 e. The molecule has 2 aliphatic rings. The quantitative estimate of drug-likeness (QED) is 0.761. The molecule has 134 valence electrons. The van der Waals surface area contributed by atoms with Gasteiger partial charge in [0.1, 0.15) is 0 Å². The largest absolute Gasteiger partial charge is 0.314 e. The van der Waals surface area contributed by atoms with E-state index in [1.807, 2.05) is 0 Å². The first-order chi connectivity index (χ1) is 12.9. The van der Waals surface area contributed by atoms with E-state index in [9.17, 15) is 0 Å². The molecule has 1 aromatic heterocycles. The lowest BCUT2D eigenvalue weighted by atomic mass is 10.1. The lowest BCUT2D eigenvalue weighted by molar-refractivity contribution is 0.122. The van der Waals surface area contributed by atoms with Crippen LogP contribution in [-0.4, -0.2) is 52.7 Å². The Hall–Kier alpha value is -2.21. The molecule has 3 aromatic rings. The second-order valence-corrected chi connectivity index (χ2v) is 7.39. The summed E-state index contributed by atoms with van der Waals surface area (Å²) in [5.74, 6) is 0. The first-order valence-corrected chi connectivity index (χ1v) is 9.55. The van der Waals surface area contributed by atoms with E-state index in [0.29, 0.717) is 6.04 Å². The third-order valence-electron chi connectivity index (χ3n) is 5.75. The number of hydrogen-bond acceptors (Lipinski definition) is 4. The molecule has 2 N–H and O–H groups in total. The van der Waals surface area contributed by atoms with Crippen LogP contribution in [0.15, 0.2) is 48.5 Å². The second kappa shape index (κ2) is 6.83. The van der Waals surface area contributed by atoms with E-state index in [-0.39, 0.29) is 0 Å². The Bertz CT molecular complexity index is 871. The van der Waals surface area contributed by atoms with Gasteiger partial charge in [-0.25, -0.2) is 0 Å². The highest BCUT2D eigenvalue weighted by Crippen LogP contribution is 2.30. The third kappa shape index (κ3) is 2.92. The minimum atomic E-state index is 0.322. The third-order valence-corrected chi connectivity index (χ3v) is 5.75. The van der Waals surface area contributed by atoms with Crippen LogP contribution in [0.3, 0.4) is 0 Å². The van der Waals surface area contributed by atoms with Crippen molar-refractivity contribution < 1.29 is 0 Å². The molecule has 1 saturated heterocycles. The summed E-state index contributed by atoms with van der Waals surface area (Å²) in [5.41, 5.74) is 5.27. The number of hydrogen-bond donors (Lipinski definition) is 2. The minimum Gasteiger partial charge on any atom is -0.314 e. The number of para-hydroxylation sites is 1. The van der Waals surface area contributed by atoms with Crippen molar-refractivity contribution in [2.24, 2.45) is 0 Å². The van der Waals surface area contributed by atoms with Gasteiger partial charge in [-0.3, -0.25) is 14.9 Å². The van der Waals surface area contributed by atoms with Gasteiger partial charge in [-0.2, -0.15) is 5.10 Å². The van der Waals surface area contributed by atoms with Crippen LogP contribution in [0.25, 0.3) is 10.9 Å². The number of H-pyrrole nitrogens is 1. The Labute approximate surface area is 154 Å². The average Bonchev–Trinajstić information content (AvgIpc) is 3.30. The van der Waals surface area contributed by atoms with Crippen LogP contribution in [-0.2, 0) is 13.1 Å². The van der Waals surface area contributed by atoms with E-state index in [1.165, 1.54) is 22.2 Å². The number of fused-ring (bicyclic) bond motifs is 2. The fourth-order valence-electron chi connectivity index (χ4n) is 4.38. The van der Waals surface area contributed by atoms with Gasteiger partial charge in [0.15, 0.2) is 0 Å². The monoisotopic (exact) mass is 347 g/mol. The first-order valence-electron chi connectivity index (χ1n) is 9.55. The SMILES string of the molecule is c1ccc2c(c1)CN(CC(c1n[nH]c3ccccc13)N1CCNCC1)C2. The highest BCUT2D eigenvalue weighted by Gasteiger charge is 2.30. The van der Waals surface area contributed by atoms with Gasteiger partial charge < -0.3 is 5.32 Å². The van der Waals surface area contributed by atoms with Crippen molar-refractivity contribution >= 4 is 10.9 Å². The summed E-state index contributed by atoms with van der Waals surface area (Å²) < 4.78 is 0. The molecular weight excluding hydrogens is 322 g/mol. The van der Waals surface area contributed by atoms with Crippen LogP contribution in [0.2, 0.25) is 0 Å². The van der Waals surface area contributed by atoms with Crippen molar-refractivity contribution in [1.82, 2.24) is 25.3 Å². The lowest BCUT2D eigenvalue weighted by Gasteiger charge is -2.36. The molecule has 2 aliphatic heterocycles. The molecule has 5 rings (SSSR count). The molecule has 0 bridgehead atoms. The number of rotatable bonds is 4. The summed E-state index contributed by atoms with van der Waals surface area (Å²) in [5, 5.41) is 12.7. The molecule has 0 saturated carbocycles. The Morgan fingerprint density at radius 1 is 0.923 bits per heavy atom. The van der Waals surface area contributed by atoms with E-state index in [0.717, 1.165) is 51.3 Å². The van der Waals surface area contributed by atoms with Gasteiger partial charge in [-0.15, -0.1) is 0 Å². The number of benzene rings is 2. The standard InChI is InChI=1S/C21H25N5/c1-2-6-17-14-25(13-16(17)5-1)15-20(26-11-9-22-10-12-26)21-18-7-3-4-8-19(18)23-24-21/h1-8,20,22H,9-15H2,(H,23,24). The zero-order valence-electron chi connectivity index (χ0n) is 15.0. The molecule has 1 atom stereocenters. The van der Waals surface area contributed by atoms with Crippen molar-refractivity contribution in [3.8, 4) is 0 Å². The van der Waals surface area contributed by atoms with Gasteiger partial charge in [0.2, 0.25) is 0 Å². The van der Waals surface area contributed by atoms with Crippen LogP contribution < -0.4 is 5.32 Å². The van der Waals surface area contributed by atoms with E-state index in [4.69, 9.17) is 5.10 Å². The molecule has 0 aliphatic carbocycles. The minimum absolute atomic E-state index is 0.322. The molecule has 5 nitrogen and oxygen atoms in total. The molecule has 2 aromatic carbocycles. The van der Waals surface area contributed by atoms with Crippen LogP contribution in [0.1, 0.15) is 22.9 Å². The predicted octanol–water partition coefficient (Wildman–Crippen LogP) is 2.53. The van der Waals surface area contributed by atoms with Gasteiger partial charge in [-0.1, -0.05) is 42.5 Å². The summed E-state index contributed by atoms with van der Waals surface area (Å²) >= 11 is 0. The van der Waals surface area contributed by atoms with Gasteiger partial charge in [0.05, 0.1) is 17.3 Å². The first kappa shape index (κ1) is 16.0. The summed E-state index contributed by atoms with van der Waals surface area (Å²) in [6.45, 7) is 7.36. The molecule has 3 heterocycles. The number of nitrogens with zero attached hydrogens (tertiary/aromatic N) is 3. The average molecular weight is 347 g/mol. The molecular formula is C21H25N5. The number of piperazine rings is 1. The predicted molar refractivity (Wildman–Crippen MR) is 104 cm³/mol. The fourth-order valence-corrected chi connectivity index (χ4v) is 4.38. The topological polar surface area (TPSA) is 47.2 Å². The maximum atomic E-state index is 4.75. The van der Waals surface area contributed by atoms with Crippen molar-refractivity contribution in [1.29, 1.82) is 0 Å². The van der Waals surface area contributed by atoms with Crippen molar-refractivity contribution in [2.75, 3.05) is 32.7 Å². The zero-order valence-corrected chi connectivity index (χ0v) is 15.0. The van der Waals surface area contributed by atoms with Gasteiger partial charge in [0.25, 0.3) is 0 Å². The molecule has 26 heavy (non-hydrogen) atoms. The molecule has 0 spiro atoms. The van der Waals surface area contributed by atoms with E-state index in [1.54, 1.807) is 0 Å². The molecule has 0 amide bonds. The van der Waals surface area contributed by atoms with Crippen LogP contribution in [0.5, 0.6) is 0 Å². The Morgan fingerprint density at radius 2 is 1.62 bits per heavy atom. The number of nitrogens with one attached hydrogen (secondary N) is 2. The van der Waals surface area contributed by atoms with Gasteiger partial charge in [-0.05, 0) is 17.2 Å². The lowest BCUT2D eigenvalue weighted by Crippen LogP contribution is -2.47. The van der Waals surface area contributed by atoms with E-state index < -0.39 is 0 Å². The van der Waals surface area contributed by atoms with Gasteiger partial charge >= 0.3 is 0 Å². The van der Waals surface area contributed by atoms with Crippen molar-refractivity contribution in [2.45, 2.75) is 19.1 Å². The molecule has 1 fully saturated rings. The van der Waals surface area contributed by atoms with Crippen LogP contribution in [0, 0.1) is 0 Å². The van der Waals surface area contributed by atoms with Gasteiger partial charge in [0, 0.05) is 51.2 Å². The normalized spacial score (nSPS) is 19.7. The van der Waals surface area contributed by atoms with Crippen molar-refractivity contribution in [3.63, 3.8) is 0 Å². The Morgan fingerprint density at radius 3 is 2.38 bits per heavy atom. The number of aromatic nitrogens is 2. The fraction of sp³-hybridized carbons (Fsp3) is 0.381. The van der Waals surface area contributed by atoms with Crippen LogP contribution >= 0.6 is 0 Å². The maximum Gasteiger partial charge on any atom is 0.0885 e. The zero-order chi connectivity index (χ0) is 17.3. The summed E-state index contributed by atoms with van der Waals surface area (Å²) in [6, 6.07) is 17.6. The highest BCUT2D eigenvalue weighted by atomic mass is 15.3. The van der Waals surface area contributed by atoms with Crippen LogP contribution in [0.4, 0.5) is 0 Å². The molecule has 0 radical (unpaired) electrons. The summed E-state index contributed by atoms with van der Waals surface area (Å²) in [4.78, 5) is 5.17. The Kier molecular flexibility index (Phi) is 4.21. The maximum absolute atomic E-state index is 4.75. The highest BCUT2D eigenvalue weighted by molar-refractivity contribution is 5.81. The van der Waals surface area contributed by atoms with Crippen molar-refractivity contribution in [3.05, 3.63) is 65.4 Å². The summed E-state index contributed by atoms with van der Waals surface area (Å²) in [6.07, 6.45) is 0. The number of aromatic amines is 1. The molecule has 1 unspecified atom stereocenters. The second-order valence-electron chi connectivity index (χ2n) is 7.39. The van der Waals surface area contributed by atoms with E-state index >= 15 is 0 Å². The summed E-state index contributed by atoms with van der Waals surface area (Å²) in [7, 11) is 0. The molecule has 5 heteroatoms. The Balaban J connectivity index is 1.45.